The van der Waals surface area contributed by atoms with Crippen LogP contribution in [0.1, 0.15) is 22.3 Å². The molecule has 3 aromatic carbocycles. The summed E-state index contributed by atoms with van der Waals surface area (Å²) in [7, 11) is 0. The maximum atomic E-state index is 6.02. The van der Waals surface area contributed by atoms with Crippen LogP contribution in [-0.4, -0.2) is 39.6 Å². The van der Waals surface area contributed by atoms with Gasteiger partial charge in [0.05, 0.1) is 0 Å². The van der Waals surface area contributed by atoms with Crippen molar-refractivity contribution in [1.82, 2.24) is 0 Å². The van der Waals surface area contributed by atoms with Crippen LogP contribution in [0, 0.1) is 74.1 Å². The molecule has 0 atom stereocenters. The molecule has 0 N–H and O–H groups in total. The summed E-state index contributed by atoms with van der Waals surface area (Å²) in [6.45, 7) is 0.468. The Kier molecular flexibility index (Phi) is 12.9. The van der Waals surface area contributed by atoms with E-state index in [1.165, 1.54) is 0 Å². The molecule has 0 aliphatic carbocycles. The van der Waals surface area contributed by atoms with Gasteiger partial charge in [-0.2, -0.15) is 0 Å². The molecule has 0 aliphatic heterocycles. The fourth-order valence-corrected chi connectivity index (χ4v) is 4.18. The standard InChI is InChI=1S/C38H30O6/c1-7-17-39-33-13-15-35(41-19-9-3)29(25-33)23-31-27-38(44-22-12-6)32(28-37(31)43-21-11-5)24-30-26-34(40-18-8-2)14-16-36(30)42-20-10-4/h1-6,13-16,25-28H,17-24H2. The van der Waals surface area contributed by atoms with E-state index in [2.05, 4.69) is 35.5 Å². The van der Waals surface area contributed by atoms with Crippen LogP contribution in [0.15, 0.2) is 48.5 Å². The molecule has 0 spiro atoms. The Bertz CT molecular complexity index is 1560. The number of benzene rings is 3. The van der Waals surface area contributed by atoms with Crippen molar-refractivity contribution in [2.45, 2.75) is 12.8 Å². The van der Waals surface area contributed by atoms with Crippen molar-refractivity contribution in [2.24, 2.45) is 0 Å². The Balaban J connectivity index is 2.12. The lowest BCUT2D eigenvalue weighted by Crippen LogP contribution is -2.07. The van der Waals surface area contributed by atoms with E-state index in [1.54, 1.807) is 24.3 Å². The highest BCUT2D eigenvalue weighted by Crippen LogP contribution is 2.37. The fourth-order valence-electron chi connectivity index (χ4n) is 4.18. The molecule has 6 heteroatoms. The zero-order valence-electron chi connectivity index (χ0n) is 24.2. The Labute approximate surface area is 260 Å². The lowest BCUT2D eigenvalue weighted by molar-refractivity contribution is 0.349. The predicted molar refractivity (Wildman–Crippen MR) is 171 cm³/mol. The minimum atomic E-state index is 0.0364. The van der Waals surface area contributed by atoms with Gasteiger partial charge in [-0.15, -0.1) is 38.5 Å². The summed E-state index contributed by atoms with van der Waals surface area (Å²) >= 11 is 0. The van der Waals surface area contributed by atoms with Crippen LogP contribution in [0.3, 0.4) is 0 Å². The van der Waals surface area contributed by atoms with E-state index in [9.17, 15) is 0 Å². The lowest BCUT2D eigenvalue weighted by atomic mass is 9.97. The lowest BCUT2D eigenvalue weighted by Gasteiger charge is -2.19. The number of hydrogen-bond donors (Lipinski definition) is 0. The van der Waals surface area contributed by atoms with Gasteiger partial charge in [0.1, 0.15) is 74.1 Å². The van der Waals surface area contributed by atoms with Gasteiger partial charge in [0.15, 0.2) is 0 Å². The van der Waals surface area contributed by atoms with Gasteiger partial charge >= 0.3 is 0 Å². The van der Waals surface area contributed by atoms with Gasteiger partial charge in [-0.05, 0) is 48.5 Å². The van der Waals surface area contributed by atoms with Crippen LogP contribution in [0.2, 0.25) is 0 Å². The monoisotopic (exact) mass is 582 g/mol. The maximum absolute atomic E-state index is 6.02. The molecule has 3 rings (SSSR count). The second kappa shape index (κ2) is 17.6. The molecule has 218 valence electrons. The van der Waals surface area contributed by atoms with E-state index in [1.807, 2.05) is 24.3 Å². The van der Waals surface area contributed by atoms with Gasteiger partial charge in [0.25, 0.3) is 0 Å². The van der Waals surface area contributed by atoms with E-state index in [0.29, 0.717) is 47.3 Å². The van der Waals surface area contributed by atoms with E-state index in [4.69, 9.17) is 67.0 Å². The molecule has 44 heavy (non-hydrogen) atoms. The van der Waals surface area contributed by atoms with Crippen molar-refractivity contribution in [1.29, 1.82) is 0 Å². The van der Waals surface area contributed by atoms with E-state index in [0.717, 1.165) is 22.3 Å². The smallest absolute Gasteiger partial charge is 0.148 e. The Morgan fingerprint density at radius 3 is 1.00 bits per heavy atom. The molecule has 0 unspecified atom stereocenters. The van der Waals surface area contributed by atoms with Crippen LogP contribution in [0.5, 0.6) is 34.5 Å². The van der Waals surface area contributed by atoms with Crippen LogP contribution >= 0.6 is 0 Å². The normalized spacial score (nSPS) is 9.50. The number of ether oxygens (including phenoxy) is 6. The molecule has 0 aromatic heterocycles. The molecule has 0 saturated carbocycles. The van der Waals surface area contributed by atoms with Crippen molar-refractivity contribution in [3.8, 4) is 109 Å². The first-order valence-corrected chi connectivity index (χ1v) is 13.4. The molecule has 0 saturated heterocycles. The number of terminal acetylenes is 6. The first-order chi connectivity index (χ1) is 21.6. The quantitative estimate of drug-likeness (QED) is 0.223. The summed E-state index contributed by atoms with van der Waals surface area (Å²) < 4.78 is 34.9. The third-order valence-corrected chi connectivity index (χ3v) is 5.96. The summed E-state index contributed by atoms with van der Waals surface area (Å²) in [6.07, 6.45) is 33.4. The van der Waals surface area contributed by atoms with Gasteiger partial charge in [0.2, 0.25) is 0 Å². The Morgan fingerprint density at radius 1 is 0.364 bits per heavy atom. The van der Waals surface area contributed by atoms with Gasteiger partial charge in [0, 0.05) is 35.1 Å². The topological polar surface area (TPSA) is 55.4 Å². The van der Waals surface area contributed by atoms with Gasteiger partial charge < -0.3 is 28.4 Å². The van der Waals surface area contributed by atoms with Crippen LogP contribution in [0.25, 0.3) is 0 Å². The van der Waals surface area contributed by atoms with Crippen LogP contribution < -0.4 is 28.4 Å². The third-order valence-electron chi connectivity index (χ3n) is 5.96. The molecular weight excluding hydrogens is 552 g/mol. The molecular formula is C38H30O6. The molecule has 0 bridgehead atoms. The Morgan fingerprint density at radius 2 is 0.659 bits per heavy atom. The zero-order valence-corrected chi connectivity index (χ0v) is 24.2. The zero-order chi connectivity index (χ0) is 31.6. The maximum Gasteiger partial charge on any atom is 0.148 e. The first kappa shape index (κ1) is 32.3. The number of hydrogen-bond acceptors (Lipinski definition) is 6. The van der Waals surface area contributed by atoms with Gasteiger partial charge in [-0.3, -0.25) is 0 Å². The predicted octanol–water partition coefficient (Wildman–Crippen LogP) is 4.94. The Hall–Kier alpha value is -6.18. The summed E-state index contributed by atoms with van der Waals surface area (Å²) in [5.74, 6) is 18.3. The summed E-state index contributed by atoms with van der Waals surface area (Å²) in [5.41, 5.74) is 3.06. The van der Waals surface area contributed by atoms with Crippen LogP contribution in [-0.2, 0) is 12.8 Å². The molecule has 6 nitrogen and oxygen atoms in total. The fraction of sp³-hybridized carbons (Fsp3) is 0.211. The minimum Gasteiger partial charge on any atom is -0.481 e. The largest absolute Gasteiger partial charge is 0.481 e. The van der Waals surface area contributed by atoms with Crippen molar-refractivity contribution in [3.05, 3.63) is 70.8 Å². The summed E-state index contributed by atoms with van der Waals surface area (Å²) in [6, 6.07) is 14.5. The highest BCUT2D eigenvalue weighted by Gasteiger charge is 2.18. The van der Waals surface area contributed by atoms with Crippen molar-refractivity contribution in [2.75, 3.05) is 39.6 Å². The molecule has 3 aromatic rings. The van der Waals surface area contributed by atoms with Gasteiger partial charge in [-0.1, -0.05) is 35.5 Å². The van der Waals surface area contributed by atoms with Crippen LogP contribution in [0.4, 0.5) is 0 Å². The molecule has 0 heterocycles. The van der Waals surface area contributed by atoms with E-state index >= 15 is 0 Å². The van der Waals surface area contributed by atoms with Crippen molar-refractivity contribution in [3.63, 3.8) is 0 Å². The molecule has 0 radical (unpaired) electrons. The van der Waals surface area contributed by atoms with E-state index < -0.39 is 0 Å². The minimum absolute atomic E-state index is 0.0364. The summed E-state index contributed by atoms with van der Waals surface area (Å²) in [4.78, 5) is 0. The van der Waals surface area contributed by atoms with Gasteiger partial charge in [-0.25, -0.2) is 0 Å². The summed E-state index contributed by atoms with van der Waals surface area (Å²) in [5, 5.41) is 0. The first-order valence-electron chi connectivity index (χ1n) is 13.4. The van der Waals surface area contributed by atoms with E-state index in [-0.39, 0.29) is 39.6 Å². The highest BCUT2D eigenvalue weighted by atomic mass is 16.5. The van der Waals surface area contributed by atoms with Crippen molar-refractivity contribution < 1.29 is 28.4 Å². The second-order valence-electron chi connectivity index (χ2n) is 8.92. The molecule has 0 amide bonds. The SMILES string of the molecule is C#CCOc1ccc(OCC#C)c(Cc2cc(OCC#C)c(Cc3cc(OCC#C)ccc3OCC#C)cc2OCC#C)c1. The molecule has 0 aliphatic rings. The number of rotatable bonds is 16. The average Bonchev–Trinajstić information content (AvgIpc) is 3.04. The highest BCUT2D eigenvalue weighted by molar-refractivity contribution is 5.54. The third kappa shape index (κ3) is 9.44. The average molecular weight is 583 g/mol. The molecule has 0 fully saturated rings. The van der Waals surface area contributed by atoms with Crippen molar-refractivity contribution >= 4 is 0 Å². The second-order valence-corrected chi connectivity index (χ2v) is 8.92.